The van der Waals surface area contributed by atoms with Crippen LogP contribution in [0.2, 0.25) is 18.1 Å². The van der Waals surface area contributed by atoms with Gasteiger partial charge in [0.1, 0.15) is 17.4 Å². The predicted octanol–water partition coefficient (Wildman–Crippen LogP) is 7.34. The van der Waals surface area contributed by atoms with Crippen molar-refractivity contribution < 1.29 is 18.7 Å². The van der Waals surface area contributed by atoms with E-state index in [1.807, 2.05) is 13.0 Å². The molecule has 220 valence electrons. The van der Waals surface area contributed by atoms with E-state index in [4.69, 9.17) is 4.43 Å². The first kappa shape index (κ1) is 30.7. The van der Waals surface area contributed by atoms with Crippen LogP contribution < -0.4 is 15.1 Å². The molecule has 0 bridgehead atoms. The van der Waals surface area contributed by atoms with Gasteiger partial charge in [-0.15, -0.1) is 0 Å². The number of hydrogen-bond acceptors (Lipinski definition) is 7. The number of aliphatic hydroxyl groups excluding tert-OH is 1. The number of benzene rings is 2. The molecule has 0 radical (unpaired) electrons. The summed E-state index contributed by atoms with van der Waals surface area (Å²) >= 11 is 0. The Morgan fingerprint density at radius 2 is 1.93 bits per heavy atom. The van der Waals surface area contributed by atoms with Gasteiger partial charge in [0.05, 0.1) is 16.9 Å². The fraction of sp³-hybridized carbons (Fsp3) is 0.438. The molecule has 1 aromatic heterocycles. The molecule has 41 heavy (non-hydrogen) atoms. The molecule has 2 aromatic carbocycles. The van der Waals surface area contributed by atoms with E-state index in [0.717, 1.165) is 48.4 Å². The molecule has 0 aliphatic carbocycles. The highest BCUT2D eigenvalue weighted by Gasteiger charge is 2.39. The van der Waals surface area contributed by atoms with Gasteiger partial charge in [0, 0.05) is 44.1 Å². The van der Waals surface area contributed by atoms with E-state index in [2.05, 4.69) is 73.4 Å². The van der Waals surface area contributed by atoms with E-state index in [-0.39, 0.29) is 29.5 Å². The molecule has 0 unspecified atom stereocenters. The highest BCUT2D eigenvalue weighted by molar-refractivity contribution is 6.74. The number of Topliss-reactive ketones (excluding diaryl/α,β-unsaturated/α-hetero) is 1. The summed E-state index contributed by atoms with van der Waals surface area (Å²) in [6.07, 6.45) is 2.53. The molecule has 0 amide bonds. The van der Waals surface area contributed by atoms with Crippen molar-refractivity contribution in [2.24, 2.45) is 0 Å². The van der Waals surface area contributed by atoms with Gasteiger partial charge in [0.25, 0.3) is 0 Å². The van der Waals surface area contributed by atoms with E-state index in [0.29, 0.717) is 22.8 Å². The SMILES string of the molecule is CCN(CCCO)Cc1ccc2c(c1)CC(=O)c1c(Nc3cc(O[Si](C)(C)C(C)(C)C)c(C)cc3F)ccnc1N2. The fourth-order valence-electron chi connectivity index (χ4n) is 4.68. The molecule has 4 rings (SSSR count). The van der Waals surface area contributed by atoms with Gasteiger partial charge < -0.3 is 20.2 Å². The van der Waals surface area contributed by atoms with Crippen LogP contribution in [-0.4, -0.2) is 48.8 Å². The normalized spacial score (nSPS) is 13.4. The molecule has 2 heterocycles. The molecule has 1 aliphatic heterocycles. The van der Waals surface area contributed by atoms with E-state index >= 15 is 4.39 Å². The summed E-state index contributed by atoms with van der Waals surface area (Å²) in [5.74, 6) is 0.566. The van der Waals surface area contributed by atoms with Crippen LogP contribution in [0.5, 0.6) is 5.75 Å². The highest BCUT2D eigenvalue weighted by Crippen LogP contribution is 2.40. The molecule has 1 aliphatic rings. The summed E-state index contributed by atoms with van der Waals surface area (Å²) in [4.78, 5) is 20.4. The van der Waals surface area contributed by atoms with Gasteiger partial charge in [-0.05, 0) is 72.9 Å². The molecular weight excluding hydrogens is 535 g/mol. The van der Waals surface area contributed by atoms with Gasteiger partial charge in [-0.1, -0.05) is 39.8 Å². The van der Waals surface area contributed by atoms with Crippen LogP contribution in [0.4, 0.5) is 27.3 Å². The maximum atomic E-state index is 15.2. The van der Waals surface area contributed by atoms with Gasteiger partial charge in [0.2, 0.25) is 8.32 Å². The first-order valence-corrected chi connectivity index (χ1v) is 17.2. The van der Waals surface area contributed by atoms with E-state index in [1.165, 1.54) is 6.07 Å². The van der Waals surface area contributed by atoms with E-state index in [1.54, 1.807) is 18.3 Å². The number of pyridine rings is 1. The number of anilines is 4. The summed E-state index contributed by atoms with van der Waals surface area (Å²) in [7, 11) is -2.15. The lowest BCUT2D eigenvalue weighted by molar-refractivity contribution is 0.0995. The van der Waals surface area contributed by atoms with Gasteiger partial charge in [-0.25, -0.2) is 9.37 Å². The van der Waals surface area contributed by atoms with Gasteiger partial charge in [-0.2, -0.15) is 0 Å². The maximum Gasteiger partial charge on any atom is 0.250 e. The summed E-state index contributed by atoms with van der Waals surface area (Å²) in [6.45, 7) is 17.4. The van der Waals surface area contributed by atoms with Crippen molar-refractivity contribution in [2.45, 2.75) is 72.1 Å². The number of hydrogen-bond donors (Lipinski definition) is 3. The van der Waals surface area contributed by atoms with Crippen molar-refractivity contribution >= 4 is 37.0 Å². The molecule has 0 saturated heterocycles. The average molecular weight is 579 g/mol. The van der Waals surface area contributed by atoms with Gasteiger partial charge in [0.15, 0.2) is 5.78 Å². The van der Waals surface area contributed by atoms with Crippen LogP contribution in [0, 0.1) is 12.7 Å². The van der Waals surface area contributed by atoms with Crippen molar-refractivity contribution in [1.82, 2.24) is 9.88 Å². The lowest BCUT2D eigenvalue weighted by Gasteiger charge is -2.37. The zero-order chi connectivity index (χ0) is 29.9. The molecule has 0 saturated carbocycles. The Balaban J connectivity index is 1.62. The smallest absolute Gasteiger partial charge is 0.250 e. The number of aliphatic hydroxyl groups is 1. The Kier molecular flexibility index (Phi) is 9.21. The van der Waals surface area contributed by atoms with Crippen molar-refractivity contribution in [2.75, 3.05) is 30.3 Å². The number of rotatable bonds is 10. The van der Waals surface area contributed by atoms with E-state index in [9.17, 15) is 9.90 Å². The van der Waals surface area contributed by atoms with Crippen LogP contribution in [0.1, 0.15) is 61.2 Å². The third-order valence-electron chi connectivity index (χ3n) is 8.19. The quantitative estimate of drug-likeness (QED) is 0.217. The second kappa shape index (κ2) is 12.3. The first-order valence-electron chi connectivity index (χ1n) is 14.3. The number of ketones is 1. The number of aryl methyl sites for hydroxylation is 1. The monoisotopic (exact) mass is 578 g/mol. The number of aromatic nitrogens is 1. The lowest BCUT2D eigenvalue weighted by atomic mass is 10.0. The molecule has 7 nitrogen and oxygen atoms in total. The Morgan fingerprint density at radius 1 is 1.17 bits per heavy atom. The van der Waals surface area contributed by atoms with E-state index < -0.39 is 14.1 Å². The third-order valence-corrected chi connectivity index (χ3v) is 12.5. The molecule has 9 heteroatoms. The number of nitrogens with zero attached hydrogens (tertiary/aromatic N) is 2. The zero-order valence-corrected chi connectivity index (χ0v) is 26.3. The Bertz CT molecular complexity index is 1420. The summed E-state index contributed by atoms with van der Waals surface area (Å²) in [6, 6.07) is 11.0. The topological polar surface area (TPSA) is 86.7 Å². The molecular formula is C32H43FN4O3Si. The Labute approximate surface area is 244 Å². The number of fused-ring (bicyclic) bond motifs is 2. The fourth-order valence-corrected chi connectivity index (χ4v) is 5.75. The van der Waals surface area contributed by atoms with Crippen molar-refractivity contribution in [3.63, 3.8) is 0 Å². The molecule has 3 N–H and O–H groups in total. The standard InChI is InChI=1S/C32H43FN4O3Si/c1-8-37(14-9-15-38)20-22-10-11-25-23(17-22)18-28(39)30-26(12-13-34-31(30)36-25)35-27-19-29(21(2)16-24(27)33)40-41(6,7)32(3,4)5/h10-13,16-17,19,38H,8-9,14-15,18,20H2,1-7H3,(H2,34,35,36). The van der Waals surface area contributed by atoms with Crippen LogP contribution >= 0.6 is 0 Å². The number of halogens is 1. The number of carbonyl (C=O) groups is 1. The second-order valence-electron chi connectivity index (χ2n) is 12.3. The minimum atomic E-state index is -2.15. The first-order chi connectivity index (χ1) is 19.3. The summed E-state index contributed by atoms with van der Waals surface area (Å²) in [5, 5.41) is 15.7. The predicted molar refractivity (Wildman–Crippen MR) is 167 cm³/mol. The summed E-state index contributed by atoms with van der Waals surface area (Å²) in [5.41, 5.74) is 4.69. The maximum absolute atomic E-state index is 15.2. The van der Waals surface area contributed by atoms with Crippen molar-refractivity contribution in [1.29, 1.82) is 0 Å². The van der Waals surface area contributed by atoms with Crippen LogP contribution in [0.15, 0.2) is 42.6 Å². The molecule has 0 spiro atoms. The highest BCUT2D eigenvalue weighted by atomic mass is 28.4. The Morgan fingerprint density at radius 3 is 2.61 bits per heavy atom. The molecule has 0 fully saturated rings. The second-order valence-corrected chi connectivity index (χ2v) is 17.1. The van der Waals surface area contributed by atoms with Gasteiger partial charge in [-0.3, -0.25) is 9.69 Å². The third kappa shape index (κ3) is 6.97. The van der Waals surface area contributed by atoms with Crippen LogP contribution in [-0.2, 0) is 13.0 Å². The van der Waals surface area contributed by atoms with Crippen LogP contribution in [0.3, 0.4) is 0 Å². The molecule has 0 atom stereocenters. The lowest BCUT2D eigenvalue weighted by Crippen LogP contribution is -2.44. The van der Waals surface area contributed by atoms with Crippen LogP contribution in [0.25, 0.3) is 0 Å². The Hall–Kier alpha value is -3.27. The largest absolute Gasteiger partial charge is 0.543 e. The van der Waals surface area contributed by atoms with Gasteiger partial charge >= 0.3 is 0 Å². The average Bonchev–Trinajstić information content (AvgIpc) is 3.04. The minimum Gasteiger partial charge on any atom is -0.543 e. The molecule has 3 aromatic rings. The number of carbonyl (C=O) groups excluding carboxylic acids is 1. The minimum absolute atomic E-state index is 0.00888. The zero-order valence-electron chi connectivity index (χ0n) is 25.3. The van der Waals surface area contributed by atoms with Crippen molar-refractivity contribution in [3.05, 3.63) is 70.7 Å². The summed E-state index contributed by atoms with van der Waals surface area (Å²) < 4.78 is 21.7. The number of nitrogens with one attached hydrogen (secondary N) is 2. The van der Waals surface area contributed by atoms with Crippen molar-refractivity contribution in [3.8, 4) is 5.75 Å².